The van der Waals surface area contributed by atoms with Gasteiger partial charge in [0, 0.05) is 13.1 Å². The lowest BCUT2D eigenvalue weighted by atomic mass is 10.1. The summed E-state index contributed by atoms with van der Waals surface area (Å²) in [5.74, 6) is 0. The van der Waals surface area contributed by atoms with Gasteiger partial charge in [-0.3, -0.25) is 0 Å². The van der Waals surface area contributed by atoms with Crippen molar-refractivity contribution in [2.75, 3.05) is 18.8 Å². The second-order valence-corrected chi connectivity index (χ2v) is 6.66. The van der Waals surface area contributed by atoms with Crippen molar-refractivity contribution in [2.24, 2.45) is 0 Å². The Morgan fingerprint density at radius 1 is 1.33 bits per heavy atom. The van der Waals surface area contributed by atoms with Crippen LogP contribution in [-0.4, -0.2) is 37.0 Å². The Kier molecular flexibility index (Phi) is 3.82. The number of aliphatic hydroxyl groups is 1. The Morgan fingerprint density at radius 2 is 1.94 bits per heavy atom. The van der Waals surface area contributed by atoms with Crippen molar-refractivity contribution in [1.29, 1.82) is 0 Å². The third-order valence-corrected chi connectivity index (χ3v) is 5.26. The fourth-order valence-electron chi connectivity index (χ4n) is 1.90. The van der Waals surface area contributed by atoms with Crippen LogP contribution in [0.5, 0.6) is 0 Å². The smallest absolute Gasteiger partial charge is 0.243 e. The minimum Gasteiger partial charge on any atom is -0.398 e. The molecule has 2 rings (SSSR count). The summed E-state index contributed by atoms with van der Waals surface area (Å²) >= 11 is 5.83. The number of halogens is 1. The number of anilines is 1. The summed E-state index contributed by atoms with van der Waals surface area (Å²) in [6.07, 6.45) is 0.510. The molecule has 1 aromatic carbocycles. The molecule has 1 aliphatic rings. The third kappa shape index (κ3) is 2.61. The van der Waals surface area contributed by atoms with Gasteiger partial charge in [0.2, 0.25) is 10.0 Å². The van der Waals surface area contributed by atoms with E-state index in [0.717, 1.165) is 0 Å². The van der Waals surface area contributed by atoms with Gasteiger partial charge in [0.1, 0.15) is 0 Å². The van der Waals surface area contributed by atoms with E-state index in [2.05, 4.69) is 0 Å². The maximum Gasteiger partial charge on any atom is 0.243 e. The van der Waals surface area contributed by atoms with Crippen LogP contribution in [0.4, 0.5) is 5.69 Å². The molecule has 18 heavy (non-hydrogen) atoms. The van der Waals surface area contributed by atoms with Crippen LogP contribution >= 0.6 is 11.6 Å². The molecule has 0 radical (unpaired) electrons. The molecule has 0 aliphatic carbocycles. The van der Waals surface area contributed by atoms with Gasteiger partial charge in [-0.05, 0) is 31.0 Å². The summed E-state index contributed by atoms with van der Waals surface area (Å²) in [6, 6.07) is 4.28. The van der Waals surface area contributed by atoms with E-state index < -0.39 is 16.1 Å². The Labute approximate surface area is 111 Å². The molecule has 0 unspecified atom stereocenters. The highest BCUT2D eigenvalue weighted by Gasteiger charge is 2.28. The molecule has 0 bridgehead atoms. The van der Waals surface area contributed by atoms with Crippen molar-refractivity contribution in [1.82, 2.24) is 4.31 Å². The van der Waals surface area contributed by atoms with Gasteiger partial charge in [-0.15, -0.1) is 0 Å². The number of benzene rings is 1. The lowest BCUT2D eigenvalue weighted by molar-refractivity contribution is 0.113. The quantitative estimate of drug-likeness (QED) is 0.798. The summed E-state index contributed by atoms with van der Waals surface area (Å²) < 4.78 is 26.0. The molecule has 0 atom stereocenters. The Morgan fingerprint density at radius 3 is 2.50 bits per heavy atom. The molecule has 1 aromatic rings. The molecule has 1 aliphatic heterocycles. The van der Waals surface area contributed by atoms with Crippen LogP contribution in [0.1, 0.15) is 12.8 Å². The molecule has 3 N–H and O–H groups in total. The van der Waals surface area contributed by atoms with E-state index in [1.807, 2.05) is 0 Å². The van der Waals surface area contributed by atoms with Crippen LogP contribution in [-0.2, 0) is 10.0 Å². The van der Waals surface area contributed by atoms with E-state index in [-0.39, 0.29) is 9.92 Å². The number of sulfonamides is 1. The number of hydrogen-bond acceptors (Lipinski definition) is 4. The standard InChI is InChI=1S/C11H15ClN2O3S/c12-10-7-9(1-2-11(10)13)18(16,17)14-5-3-8(15)4-6-14/h1-2,7-8,15H,3-6,13H2. The molecular weight excluding hydrogens is 276 g/mol. The van der Waals surface area contributed by atoms with Gasteiger partial charge >= 0.3 is 0 Å². The zero-order chi connectivity index (χ0) is 13.3. The lowest BCUT2D eigenvalue weighted by Gasteiger charge is -2.28. The first-order valence-corrected chi connectivity index (χ1v) is 7.46. The maximum atomic E-state index is 12.3. The highest BCUT2D eigenvalue weighted by atomic mass is 35.5. The summed E-state index contributed by atoms with van der Waals surface area (Å²) in [5, 5.41) is 9.61. The van der Waals surface area contributed by atoms with Gasteiger partial charge in [-0.2, -0.15) is 4.31 Å². The van der Waals surface area contributed by atoms with E-state index in [9.17, 15) is 13.5 Å². The molecule has 1 fully saturated rings. The average molecular weight is 291 g/mol. The SMILES string of the molecule is Nc1ccc(S(=O)(=O)N2CCC(O)CC2)cc1Cl. The lowest BCUT2D eigenvalue weighted by Crippen LogP contribution is -2.39. The normalized spacial score (nSPS) is 19.0. The zero-order valence-corrected chi connectivity index (χ0v) is 11.3. The Hall–Kier alpha value is -0.820. The number of piperidine rings is 1. The van der Waals surface area contributed by atoms with Crippen LogP contribution in [0.25, 0.3) is 0 Å². The molecule has 0 amide bonds. The molecular formula is C11H15ClN2O3S. The third-order valence-electron chi connectivity index (χ3n) is 3.03. The highest BCUT2D eigenvalue weighted by molar-refractivity contribution is 7.89. The predicted octanol–water partition coefficient (Wildman–Crippen LogP) is 1.07. The summed E-state index contributed by atoms with van der Waals surface area (Å²) in [6.45, 7) is 0.650. The first-order chi connectivity index (χ1) is 8.41. The molecule has 5 nitrogen and oxygen atoms in total. The fraction of sp³-hybridized carbons (Fsp3) is 0.455. The van der Waals surface area contributed by atoms with Gasteiger partial charge in [0.05, 0.1) is 21.7 Å². The van der Waals surface area contributed by atoms with Crippen LogP contribution in [0.2, 0.25) is 5.02 Å². The Balaban J connectivity index is 2.27. The molecule has 1 saturated heterocycles. The molecule has 0 spiro atoms. The second kappa shape index (κ2) is 5.05. The van der Waals surface area contributed by atoms with Crippen molar-refractivity contribution in [3.05, 3.63) is 23.2 Å². The number of nitrogens with zero attached hydrogens (tertiary/aromatic N) is 1. The summed E-state index contributed by atoms with van der Waals surface area (Å²) in [5.41, 5.74) is 5.91. The molecule has 0 aromatic heterocycles. The minimum atomic E-state index is -3.54. The van der Waals surface area contributed by atoms with Gasteiger partial charge in [-0.1, -0.05) is 11.6 Å². The monoisotopic (exact) mass is 290 g/mol. The maximum absolute atomic E-state index is 12.3. The van der Waals surface area contributed by atoms with Crippen molar-refractivity contribution in [3.8, 4) is 0 Å². The van der Waals surface area contributed by atoms with Crippen LogP contribution in [0.3, 0.4) is 0 Å². The van der Waals surface area contributed by atoms with E-state index in [0.29, 0.717) is 31.6 Å². The summed E-state index contributed by atoms with van der Waals surface area (Å²) in [7, 11) is -3.54. The minimum absolute atomic E-state index is 0.137. The van der Waals surface area contributed by atoms with Crippen LogP contribution in [0, 0.1) is 0 Å². The molecule has 1 heterocycles. The average Bonchev–Trinajstić information content (AvgIpc) is 2.33. The fourth-order valence-corrected chi connectivity index (χ4v) is 3.64. The largest absolute Gasteiger partial charge is 0.398 e. The second-order valence-electron chi connectivity index (χ2n) is 4.32. The predicted molar refractivity (Wildman–Crippen MR) is 69.9 cm³/mol. The van der Waals surface area contributed by atoms with Crippen molar-refractivity contribution >= 4 is 27.3 Å². The van der Waals surface area contributed by atoms with Crippen LogP contribution in [0.15, 0.2) is 23.1 Å². The number of hydrogen-bond donors (Lipinski definition) is 2. The van der Waals surface area contributed by atoms with Crippen molar-refractivity contribution in [2.45, 2.75) is 23.8 Å². The van der Waals surface area contributed by atoms with Gasteiger partial charge in [0.25, 0.3) is 0 Å². The highest BCUT2D eigenvalue weighted by Crippen LogP contribution is 2.26. The topological polar surface area (TPSA) is 83.6 Å². The number of nitrogen functional groups attached to an aromatic ring is 1. The molecule has 100 valence electrons. The van der Waals surface area contributed by atoms with Gasteiger partial charge < -0.3 is 10.8 Å². The van der Waals surface area contributed by atoms with E-state index in [4.69, 9.17) is 17.3 Å². The number of nitrogens with two attached hydrogens (primary N) is 1. The summed E-state index contributed by atoms with van der Waals surface area (Å²) in [4.78, 5) is 0.137. The first-order valence-electron chi connectivity index (χ1n) is 5.64. The van der Waals surface area contributed by atoms with Gasteiger partial charge in [-0.25, -0.2) is 8.42 Å². The molecule has 7 heteroatoms. The van der Waals surface area contributed by atoms with Crippen molar-refractivity contribution < 1.29 is 13.5 Å². The molecule has 0 saturated carbocycles. The van der Waals surface area contributed by atoms with Gasteiger partial charge in [0.15, 0.2) is 0 Å². The zero-order valence-electron chi connectivity index (χ0n) is 9.71. The number of aliphatic hydroxyl groups excluding tert-OH is 1. The Bertz CT molecular complexity index is 539. The van der Waals surface area contributed by atoms with E-state index in [1.165, 1.54) is 22.5 Å². The van der Waals surface area contributed by atoms with E-state index in [1.54, 1.807) is 0 Å². The first kappa shape index (κ1) is 13.6. The van der Waals surface area contributed by atoms with Crippen molar-refractivity contribution in [3.63, 3.8) is 0 Å². The van der Waals surface area contributed by atoms with E-state index >= 15 is 0 Å². The van der Waals surface area contributed by atoms with Crippen LogP contribution < -0.4 is 5.73 Å². The number of rotatable bonds is 2.